The first kappa shape index (κ1) is 16.8. The van der Waals surface area contributed by atoms with E-state index < -0.39 is 13.3 Å². The van der Waals surface area contributed by atoms with Gasteiger partial charge in [0.25, 0.3) is 0 Å². The molecule has 0 aliphatic rings. The van der Waals surface area contributed by atoms with Crippen molar-refractivity contribution in [3.8, 4) is 0 Å². The van der Waals surface area contributed by atoms with Gasteiger partial charge in [-0.05, 0) is 0 Å². The Morgan fingerprint density at radius 2 is 1.07 bits per heavy atom. The van der Waals surface area contributed by atoms with Crippen LogP contribution < -0.4 is 13.2 Å². The SMILES string of the molecule is [CH3][Ge]([c]1ccccc1)([c]1ccccc1)[c]1ccc2c(c1)sc1ccccc12. The fourth-order valence-corrected chi connectivity index (χ4v) is 12.9. The molecule has 0 atom stereocenters. The van der Waals surface area contributed by atoms with Crippen molar-refractivity contribution < 1.29 is 0 Å². The molecule has 0 aliphatic heterocycles. The zero-order chi connectivity index (χ0) is 18.3. The number of hydrogen-bond donors (Lipinski definition) is 0. The average molecular weight is 425 g/mol. The topological polar surface area (TPSA) is 0 Å². The van der Waals surface area contributed by atoms with Crippen molar-refractivity contribution in [2.24, 2.45) is 0 Å². The summed E-state index contributed by atoms with van der Waals surface area (Å²) in [6.07, 6.45) is 0. The number of fused-ring (bicyclic) bond motifs is 3. The van der Waals surface area contributed by atoms with Crippen LogP contribution in [0.15, 0.2) is 103 Å². The molecule has 130 valence electrons. The van der Waals surface area contributed by atoms with Crippen molar-refractivity contribution in [1.82, 2.24) is 0 Å². The van der Waals surface area contributed by atoms with Gasteiger partial charge < -0.3 is 0 Å². The second-order valence-electron chi connectivity index (χ2n) is 7.17. The molecule has 0 nitrogen and oxygen atoms in total. The molecule has 4 aromatic carbocycles. The van der Waals surface area contributed by atoms with E-state index >= 15 is 0 Å². The van der Waals surface area contributed by atoms with Gasteiger partial charge in [-0.15, -0.1) is 0 Å². The fourth-order valence-electron chi connectivity index (χ4n) is 4.08. The number of benzene rings is 4. The van der Waals surface area contributed by atoms with E-state index in [1.165, 1.54) is 33.4 Å². The van der Waals surface area contributed by atoms with Crippen LogP contribution in [0.5, 0.6) is 0 Å². The Labute approximate surface area is 166 Å². The second-order valence-corrected chi connectivity index (χ2v) is 16.6. The molecule has 1 heterocycles. The van der Waals surface area contributed by atoms with Gasteiger partial charge in [0, 0.05) is 0 Å². The molecular formula is C25H20GeS. The van der Waals surface area contributed by atoms with Crippen molar-refractivity contribution in [2.45, 2.75) is 5.76 Å². The Hall–Kier alpha value is -2.36. The molecule has 0 fully saturated rings. The van der Waals surface area contributed by atoms with Gasteiger partial charge in [-0.25, -0.2) is 0 Å². The van der Waals surface area contributed by atoms with E-state index in [1.807, 2.05) is 11.3 Å². The number of thiophene rings is 1. The molecular weight excluding hydrogens is 405 g/mol. The Morgan fingerprint density at radius 1 is 0.519 bits per heavy atom. The maximum atomic E-state index is 2.53. The molecule has 0 aliphatic carbocycles. The second kappa shape index (κ2) is 6.67. The first-order valence-electron chi connectivity index (χ1n) is 9.29. The van der Waals surface area contributed by atoms with Gasteiger partial charge in [-0.1, -0.05) is 0 Å². The van der Waals surface area contributed by atoms with Crippen LogP contribution in [0.4, 0.5) is 0 Å². The molecule has 27 heavy (non-hydrogen) atoms. The molecule has 0 N–H and O–H groups in total. The summed E-state index contributed by atoms with van der Waals surface area (Å²) < 4.78 is 7.30. The van der Waals surface area contributed by atoms with Gasteiger partial charge in [0.2, 0.25) is 0 Å². The van der Waals surface area contributed by atoms with E-state index in [0.717, 1.165) is 0 Å². The first-order valence-corrected chi connectivity index (χ1v) is 15.4. The Kier molecular flexibility index (Phi) is 4.15. The molecule has 1 aromatic heterocycles. The molecule has 0 bridgehead atoms. The summed E-state index contributed by atoms with van der Waals surface area (Å²) in [7, 11) is 0. The molecule has 0 unspecified atom stereocenters. The van der Waals surface area contributed by atoms with Gasteiger partial charge >= 0.3 is 167 Å². The van der Waals surface area contributed by atoms with E-state index in [1.54, 1.807) is 0 Å². The monoisotopic (exact) mass is 426 g/mol. The molecule has 2 heteroatoms. The van der Waals surface area contributed by atoms with Crippen LogP contribution in [0.3, 0.4) is 0 Å². The number of rotatable bonds is 3. The van der Waals surface area contributed by atoms with Crippen molar-refractivity contribution in [1.29, 1.82) is 0 Å². The molecule has 0 spiro atoms. The van der Waals surface area contributed by atoms with E-state index in [9.17, 15) is 0 Å². The van der Waals surface area contributed by atoms with Crippen molar-refractivity contribution in [2.75, 3.05) is 0 Å². The van der Waals surface area contributed by atoms with Crippen LogP contribution in [0.25, 0.3) is 20.2 Å². The van der Waals surface area contributed by atoms with Crippen LogP contribution in [0.1, 0.15) is 0 Å². The van der Waals surface area contributed by atoms with Crippen LogP contribution in [0, 0.1) is 0 Å². The minimum absolute atomic E-state index is 1.37. The Morgan fingerprint density at radius 3 is 1.74 bits per heavy atom. The van der Waals surface area contributed by atoms with Gasteiger partial charge in [-0.2, -0.15) is 0 Å². The van der Waals surface area contributed by atoms with Gasteiger partial charge in [-0.3, -0.25) is 0 Å². The average Bonchev–Trinajstić information content (AvgIpc) is 3.12. The van der Waals surface area contributed by atoms with Crippen molar-refractivity contribution in [3.05, 3.63) is 103 Å². The third kappa shape index (κ3) is 2.73. The third-order valence-corrected chi connectivity index (χ3v) is 16.1. The predicted octanol–water partition coefficient (Wildman–Crippen LogP) is 5.15. The summed E-state index contributed by atoms with van der Waals surface area (Å²) in [4.78, 5) is 0. The summed E-state index contributed by atoms with van der Waals surface area (Å²) in [5, 5.41) is 2.75. The zero-order valence-corrected chi connectivity index (χ0v) is 18.1. The molecule has 5 aromatic rings. The van der Waals surface area contributed by atoms with E-state index in [4.69, 9.17) is 0 Å². The van der Waals surface area contributed by atoms with Crippen LogP contribution >= 0.6 is 11.3 Å². The summed E-state index contributed by atoms with van der Waals surface area (Å²) >= 11 is -0.772. The normalized spacial score (nSPS) is 11.9. The standard InChI is InChI=1S/C25H20GeS/c1-26(19-10-4-2-5-11-19,20-12-6-3-7-13-20)21-16-17-23-22-14-8-9-15-24(22)27-25(23)18-21/h2-18H,1H3. The zero-order valence-electron chi connectivity index (χ0n) is 15.2. The summed E-state index contributed by atoms with van der Waals surface area (Å²) in [6.45, 7) is 0. The summed E-state index contributed by atoms with van der Waals surface area (Å²) in [5.41, 5.74) is 0. The number of hydrogen-bond acceptors (Lipinski definition) is 1. The van der Waals surface area contributed by atoms with E-state index in [2.05, 4.69) is 109 Å². The Bertz CT molecular complexity index is 1180. The van der Waals surface area contributed by atoms with Crippen molar-refractivity contribution in [3.63, 3.8) is 0 Å². The first-order chi connectivity index (χ1) is 13.3. The third-order valence-electron chi connectivity index (χ3n) is 5.66. The molecule has 0 radical (unpaired) electrons. The Balaban J connectivity index is 1.78. The summed E-state index contributed by atoms with van der Waals surface area (Å²) in [5.74, 6) is 2.53. The molecule has 0 saturated carbocycles. The maximum absolute atomic E-state index is 2.68. The van der Waals surface area contributed by atoms with Gasteiger partial charge in [0.1, 0.15) is 0 Å². The fraction of sp³-hybridized carbons (Fsp3) is 0.0400. The van der Waals surface area contributed by atoms with E-state index in [0.29, 0.717) is 0 Å². The predicted molar refractivity (Wildman–Crippen MR) is 123 cm³/mol. The van der Waals surface area contributed by atoms with Gasteiger partial charge in [0.05, 0.1) is 0 Å². The molecule has 0 saturated heterocycles. The van der Waals surface area contributed by atoms with Crippen LogP contribution in [-0.4, -0.2) is 13.3 Å². The quantitative estimate of drug-likeness (QED) is 0.351. The van der Waals surface area contributed by atoms with Crippen LogP contribution in [0.2, 0.25) is 5.76 Å². The molecule has 5 rings (SSSR count). The van der Waals surface area contributed by atoms with Crippen molar-refractivity contribution >= 4 is 58.0 Å². The van der Waals surface area contributed by atoms with E-state index in [-0.39, 0.29) is 0 Å². The molecule has 0 amide bonds. The van der Waals surface area contributed by atoms with Crippen LogP contribution in [-0.2, 0) is 0 Å². The van der Waals surface area contributed by atoms with Gasteiger partial charge in [0.15, 0.2) is 0 Å². The summed E-state index contributed by atoms with van der Waals surface area (Å²) in [6, 6.07) is 38.2. The minimum atomic E-state index is -2.68.